The maximum atomic E-state index is 4.66. The first-order chi connectivity index (χ1) is 14.8. The van der Waals surface area contributed by atoms with Crippen molar-refractivity contribution < 1.29 is 0 Å². The molecule has 4 aliphatic rings. The van der Waals surface area contributed by atoms with E-state index in [-0.39, 0.29) is 0 Å². The van der Waals surface area contributed by atoms with Gasteiger partial charge in [-0.05, 0) is 109 Å². The van der Waals surface area contributed by atoms with Crippen LogP contribution in [0.2, 0.25) is 0 Å². The molecule has 0 radical (unpaired) electrons. The second-order valence-electron chi connectivity index (χ2n) is 13.1. The normalized spacial score (nSPS) is 42.5. The largest absolute Gasteiger partial charge is 0.245 e. The van der Waals surface area contributed by atoms with E-state index >= 15 is 0 Å². The highest BCUT2D eigenvalue weighted by atomic mass is 14.8. The van der Waals surface area contributed by atoms with Crippen molar-refractivity contribution in [2.75, 3.05) is 0 Å². The Labute approximate surface area is 191 Å². The Kier molecular flexibility index (Phi) is 5.75. The Bertz CT molecular complexity index is 787. The van der Waals surface area contributed by atoms with Crippen LogP contribution < -0.4 is 0 Å². The van der Waals surface area contributed by atoms with E-state index in [1.165, 1.54) is 81.9 Å². The van der Waals surface area contributed by atoms with Gasteiger partial charge in [-0.3, -0.25) is 0 Å². The maximum absolute atomic E-state index is 4.66. The van der Waals surface area contributed by atoms with Gasteiger partial charge in [-0.1, -0.05) is 53.9 Å². The molecule has 0 amide bonds. The molecule has 1 aromatic heterocycles. The first-order valence-electron chi connectivity index (χ1n) is 13.6. The van der Waals surface area contributed by atoms with E-state index in [2.05, 4.69) is 50.8 Å². The molecule has 172 valence electrons. The van der Waals surface area contributed by atoms with Crippen molar-refractivity contribution in [3.8, 4) is 0 Å². The Hall–Kier alpha value is -0.920. The lowest BCUT2D eigenvalue weighted by molar-refractivity contribution is -0.103. The third kappa shape index (κ3) is 3.59. The number of aromatic nitrogens is 2. The second kappa shape index (κ2) is 8.14. The smallest absolute Gasteiger partial charge is 0.115 e. The summed E-state index contributed by atoms with van der Waals surface area (Å²) in [5.41, 5.74) is 3.89. The average Bonchev–Trinajstić information content (AvgIpc) is 3.09. The lowest BCUT2D eigenvalue weighted by atomic mass is 9.44. The predicted molar refractivity (Wildman–Crippen MR) is 129 cm³/mol. The third-order valence-electron chi connectivity index (χ3n) is 11.2. The minimum Gasteiger partial charge on any atom is -0.245 e. The molecule has 1 heterocycles. The van der Waals surface area contributed by atoms with Crippen LogP contribution in [-0.2, 0) is 12.8 Å². The van der Waals surface area contributed by atoms with Crippen molar-refractivity contribution >= 4 is 0 Å². The molecule has 3 fully saturated rings. The van der Waals surface area contributed by atoms with Crippen LogP contribution in [0.1, 0.15) is 104 Å². The van der Waals surface area contributed by atoms with Gasteiger partial charge in [0.05, 0.1) is 0 Å². The molecular formula is C29H46N2. The van der Waals surface area contributed by atoms with Gasteiger partial charge in [0, 0.05) is 11.9 Å². The summed E-state index contributed by atoms with van der Waals surface area (Å²) in [6.07, 6.45) is 19.5. The number of hydrogen-bond acceptors (Lipinski definition) is 2. The molecule has 0 spiro atoms. The SMILES string of the molecule is CC(C)CCC[C@@H](C)[C@H]1CC[C@H]2[C@@H]3CC[C@H]4Cc5ncncc5C[C@]4(C)[C@H]3CC[C@]12C. The van der Waals surface area contributed by atoms with Crippen molar-refractivity contribution in [2.45, 2.75) is 105 Å². The average molecular weight is 423 g/mol. The molecule has 3 saturated carbocycles. The van der Waals surface area contributed by atoms with Gasteiger partial charge < -0.3 is 0 Å². The summed E-state index contributed by atoms with van der Waals surface area (Å²) in [5.74, 6) is 6.46. The van der Waals surface area contributed by atoms with Crippen LogP contribution in [0.25, 0.3) is 0 Å². The number of nitrogens with zero attached hydrogens (tertiary/aromatic N) is 2. The zero-order valence-electron chi connectivity index (χ0n) is 20.9. The van der Waals surface area contributed by atoms with Gasteiger partial charge >= 0.3 is 0 Å². The summed E-state index contributed by atoms with van der Waals surface area (Å²) in [6.45, 7) is 12.7. The summed E-state index contributed by atoms with van der Waals surface area (Å²) in [6, 6.07) is 0. The van der Waals surface area contributed by atoms with Gasteiger partial charge in [0.2, 0.25) is 0 Å². The molecule has 31 heavy (non-hydrogen) atoms. The zero-order chi connectivity index (χ0) is 21.8. The van der Waals surface area contributed by atoms with Gasteiger partial charge in [0.25, 0.3) is 0 Å². The molecule has 4 aliphatic carbocycles. The van der Waals surface area contributed by atoms with Gasteiger partial charge in [-0.2, -0.15) is 0 Å². The van der Waals surface area contributed by atoms with E-state index in [0.29, 0.717) is 10.8 Å². The quantitative estimate of drug-likeness (QED) is 0.490. The monoisotopic (exact) mass is 422 g/mol. The second-order valence-corrected chi connectivity index (χ2v) is 13.1. The lowest BCUT2D eigenvalue weighted by Gasteiger charge is -2.60. The maximum Gasteiger partial charge on any atom is 0.115 e. The summed E-state index contributed by atoms with van der Waals surface area (Å²) in [4.78, 5) is 9.05. The van der Waals surface area contributed by atoms with E-state index in [1.807, 2.05) is 0 Å². The highest BCUT2D eigenvalue weighted by Crippen LogP contribution is 2.67. The first-order valence-corrected chi connectivity index (χ1v) is 13.6. The first kappa shape index (κ1) is 21.9. The highest BCUT2D eigenvalue weighted by molar-refractivity contribution is 5.25. The summed E-state index contributed by atoms with van der Waals surface area (Å²) < 4.78 is 0. The minimum atomic E-state index is 0.475. The fourth-order valence-corrected chi connectivity index (χ4v) is 9.53. The molecular weight excluding hydrogens is 376 g/mol. The van der Waals surface area contributed by atoms with Crippen LogP contribution >= 0.6 is 0 Å². The molecule has 0 aliphatic heterocycles. The molecule has 0 N–H and O–H groups in total. The molecule has 0 unspecified atom stereocenters. The van der Waals surface area contributed by atoms with E-state index in [9.17, 15) is 0 Å². The Morgan fingerprint density at radius 3 is 2.58 bits per heavy atom. The Morgan fingerprint density at radius 1 is 0.968 bits per heavy atom. The van der Waals surface area contributed by atoms with E-state index < -0.39 is 0 Å². The summed E-state index contributed by atoms with van der Waals surface area (Å²) in [5, 5.41) is 0. The number of rotatable bonds is 5. The van der Waals surface area contributed by atoms with Crippen LogP contribution in [0.3, 0.4) is 0 Å². The van der Waals surface area contributed by atoms with E-state index in [0.717, 1.165) is 41.4 Å². The third-order valence-corrected chi connectivity index (χ3v) is 11.2. The van der Waals surface area contributed by atoms with Crippen LogP contribution in [0.4, 0.5) is 0 Å². The van der Waals surface area contributed by atoms with Crippen molar-refractivity contribution in [1.82, 2.24) is 9.97 Å². The lowest BCUT2D eigenvalue weighted by Crippen LogP contribution is -2.54. The predicted octanol–water partition coefficient (Wildman–Crippen LogP) is 7.51. The molecule has 0 bridgehead atoms. The van der Waals surface area contributed by atoms with E-state index in [4.69, 9.17) is 0 Å². The Balaban J connectivity index is 1.33. The van der Waals surface area contributed by atoms with Crippen molar-refractivity contribution in [2.24, 2.45) is 52.3 Å². The van der Waals surface area contributed by atoms with Crippen molar-refractivity contribution in [3.05, 3.63) is 23.8 Å². The molecule has 2 nitrogen and oxygen atoms in total. The van der Waals surface area contributed by atoms with Gasteiger partial charge in [0.1, 0.15) is 6.33 Å². The molecule has 0 aromatic carbocycles. The van der Waals surface area contributed by atoms with Gasteiger partial charge in [0.15, 0.2) is 0 Å². The fraction of sp³-hybridized carbons (Fsp3) is 0.862. The van der Waals surface area contributed by atoms with Crippen LogP contribution in [0.5, 0.6) is 0 Å². The van der Waals surface area contributed by atoms with Crippen molar-refractivity contribution in [3.63, 3.8) is 0 Å². The number of hydrogen-bond donors (Lipinski definition) is 0. The topological polar surface area (TPSA) is 25.8 Å². The standard InChI is InChI=1S/C29H46N2/c1-19(2)7-6-8-20(3)24-11-12-25-23-10-9-22-15-27-21(17-30-18-31-27)16-29(22,5)26(23)13-14-28(24,25)4/h17-20,22-26H,6-16H2,1-5H3/t20-,22+,23+,24-,25+,26+,28-,29+/m1/s1. The molecule has 8 atom stereocenters. The minimum absolute atomic E-state index is 0.475. The summed E-state index contributed by atoms with van der Waals surface area (Å²) in [7, 11) is 0. The highest BCUT2D eigenvalue weighted by Gasteiger charge is 2.60. The van der Waals surface area contributed by atoms with E-state index in [1.54, 1.807) is 6.33 Å². The van der Waals surface area contributed by atoms with Crippen LogP contribution in [0.15, 0.2) is 12.5 Å². The fourth-order valence-electron chi connectivity index (χ4n) is 9.53. The molecule has 2 heteroatoms. The van der Waals surface area contributed by atoms with Crippen molar-refractivity contribution in [1.29, 1.82) is 0 Å². The van der Waals surface area contributed by atoms with Crippen LogP contribution in [0, 0.1) is 52.3 Å². The number of fused-ring (bicyclic) bond motifs is 6. The Morgan fingerprint density at radius 2 is 1.77 bits per heavy atom. The summed E-state index contributed by atoms with van der Waals surface area (Å²) >= 11 is 0. The van der Waals surface area contributed by atoms with Gasteiger partial charge in [-0.15, -0.1) is 0 Å². The van der Waals surface area contributed by atoms with Crippen LogP contribution in [-0.4, -0.2) is 9.97 Å². The van der Waals surface area contributed by atoms with Gasteiger partial charge in [-0.25, -0.2) is 9.97 Å². The zero-order valence-corrected chi connectivity index (χ0v) is 20.9. The molecule has 0 saturated heterocycles. The molecule has 1 aromatic rings. The molecule has 5 rings (SSSR count).